The average molecular weight is 581 g/mol. The second-order valence-corrected chi connectivity index (χ2v) is 11.4. The van der Waals surface area contributed by atoms with Crippen molar-refractivity contribution in [2.24, 2.45) is 0 Å². The van der Waals surface area contributed by atoms with Crippen LogP contribution in [-0.2, 0) is 17.5 Å². The monoisotopic (exact) mass is 580 g/mol. The van der Waals surface area contributed by atoms with Gasteiger partial charge in [-0.1, -0.05) is 23.7 Å². The minimum atomic E-state index is -4.56. The molecule has 6 nitrogen and oxygen atoms in total. The number of halogens is 5. The van der Waals surface area contributed by atoms with E-state index in [1.54, 1.807) is 24.3 Å². The van der Waals surface area contributed by atoms with Crippen LogP contribution in [0.1, 0.15) is 37.0 Å². The first kappa shape index (κ1) is 27.7. The summed E-state index contributed by atoms with van der Waals surface area (Å²) in [6.45, 7) is 4.62. The van der Waals surface area contributed by atoms with Crippen LogP contribution in [0.2, 0.25) is 5.02 Å². The number of nitrogens with zero attached hydrogens (tertiary/aromatic N) is 4. The minimum absolute atomic E-state index is 0.00601. The van der Waals surface area contributed by atoms with Crippen LogP contribution in [0.5, 0.6) is 0 Å². The van der Waals surface area contributed by atoms with Crippen LogP contribution in [0, 0.1) is 0 Å². The number of amides is 2. The fourth-order valence-electron chi connectivity index (χ4n) is 5.03. The van der Waals surface area contributed by atoms with Gasteiger partial charge < -0.3 is 0 Å². The number of rotatable bonds is 5. The lowest BCUT2D eigenvalue weighted by atomic mass is 10.00. The summed E-state index contributed by atoms with van der Waals surface area (Å²) in [5, 5.41) is 4.40. The van der Waals surface area contributed by atoms with Crippen molar-refractivity contribution in [3.05, 3.63) is 69.2 Å². The van der Waals surface area contributed by atoms with Crippen LogP contribution in [0.15, 0.2) is 47.5 Å². The predicted molar refractivity (Wildman–Crippen MR) is 143 cm³/mol. The molecule has 0 bridgehead atoms. The molecule has 0 unspecified atom stereocenters. The van der Waals surface area contributed by atoms with Gasteiger partial charge in [0.1, 0.15) is 6.17 Å². The average Bonchev–Trinajstić information content (AvgIpc) is 3.38. The molecule has 2 saturated heterocycles. The summed E-state index contributed by atoms with van der Waals surface area (Å²) in [7, 11) is 0. The van der Waals surface area contributed by atoms with E-state index in [1.807, 2.05) is 18.7 Å². The Kier molecular flexibility index (Phi) is 7.51. The van der Waals surface area contributed by atoms with Gasteiger partial charge in [0.15, 0.2) is 0 Å². The third-order valence-electron chi connectivity index (χ3n) is 7.09. The maximum absolute atomic E-state index is 15.0. The second-order valence-electron chi connectivity index (χ2n) is 9.93. The molecule has 0 aliphatic carbocycles. The summed E-state index contributed by atoms with van der Waals surface area (Å²) in [6.07, 6.45) is -2.42. The van der Waals surface area contributed by atoms with Crippen molar-refractivity contribution in [1.29, 1.82) is 0 Å². The topological polar surface area (TPSA) is 58.4 Å². The normalized spacial score (nSPS) is 22.2. The number of alkyl halides is 4. The third kappa shape index (κ3) is 5.57. The Balaban J connectivity index is 1.36. The molecule has 0 radical (unpaired) electrons. The molecular weight excluding hydrogens is 556 g/mol. The third-order valence-corrected chi connectivity index (χ3v) is 8.20. The summed E-state index contributed by atoms with van der Waals surface area (Å²) in [6, 6.07) is 8.13. The van der Waals surface area contributed by atoms with Gasteiger partial charge in [-0.05, 0) is 73.5 Å². The summed E-state index contributed by atoms with van der Waals surface area (Å²) in [5.41, 5.74) is 0.415. The zero-order chi connectivity index (χ0) is 28.1. The number of fused-ring (bicyclic) bond motifs is 1. The molecule has 1 aromatic heterocycles. The Morgan fingerprint density at radius 2 is 1.95 bits per heavy atom. The first-order chi connectivity index (χ1) is 18.4. The Hall–Kier alpha value is -2.89. The molecule has 206 valence electrons. The van der Waals surface area contributed by atoms with E-state index in [-0.39, 0.29) is 34.6 Å². The van der Waals surface area contributed by atoms with Crippen molar-refractivity contribution < 1.29 is 27.2 Å². The lowest BCUT2D eigenvalue weighted by Crippen LogP contribution is -2.55. The molecule has 2 atom stereocenters. The number of benzene rings is 2. The zero-order valence-electron chi connectivity index (χ0n) is 21.1. The number of piperidine rings is 1. The van der Waals surface area contributed by atoms with Crippen molar-refractivity contribution in [3.63, 3.8) is 0 Å². The molecule has 5 rings (SSSR count). The highest BCUT2D eigenvalue weighted by Gasteiger charge is 2.45. The SMILES string of the molecule is CC(C)N1CC[C@H](N2C(=O)SC(=Cc3ccc4c(cnn4Cc4ccc(Cl)cc4C(F)(F)F)c3)C2=O)[C@@H](F)C1. The zero-order valence-corrected chi connectivity index (χ0v) is 22.7. The number of thioether (sulfide) groups is 1. The van der Waals surface area contributed by atoms with Crippen LogP contribution in [0.4, 0.5) is 22.4 Å². The summed E-state index contributed by atoms with van der Waals surface area (Å²) in [4.78, 5) is 29.0. The van der Waals surface area contributed by atoms with Crippen molar-refractivity contribution in [3.8, 4) is 0 Å². The molecule has 2 fully saturated rings. The van der Waals surface area contributed by atoms with E-state index < -0.39 is 35.1 Å². The summed E-state index contributed by atoms with van der Waals surface area (Å²) < 4.78 is 57.0. The molecular formula is C27H25ClF4N4O2S. The number of aromatic nitrogens is 2. The molecule has 2 amide bonds. The van der Waals surface area contributed by atoms with E-state index in [9.17, 15) is 27.2 Å². The number of likely N-dealkylation sites (tertiary alicyclic amines) is 1. The predicted octanol–water partition coefficient (Wildman–Crippen LogP) is 6.61. The van der Waals surface area contributed by atoms with Crippen molar-refractivity contribution >= 4 is 51.5 Å². The van der Waals surface area contributed by atoms with E-state index in [2.05, 4.69) is 5.10 Å². The summed E-state index contributed by atoms with van der Waals surface area (Å²) >= 11 is 6.56. The van der Waals surface area contributed by atoms with Gasteiger partial charge in [-0.15, -0.1) is 0 Å². The molecule has 39 heavy (non-hydrogen) atoms. The smallest absolute Gasteiger partial charge is 0.298 e. The van der Waals surface area contributed by atoms with Gasteiger partial charge in [0, 0.05) is 29.5 Å². The maximum atomic E-state index is 15.0. The van der Waals surface area contributed by atoms with Gasteiger partial charge in [0.05, 0.1) is 34.8 Å². The quantitative estimate of drug-likeness (QED) is 0.251. The largest absolute Gasteiger partial charge is 0.416 e. The van der Waals surface area contributed by atoms with E-state index >= 15 is 0 Å². The minimum Gasteiger partial charge on any atom is -0.298 e. The fraction of sp³-hybridized carbons (Fsp3) is 0.370. The van der Waals surface area contributed by atoms with E-state index in [0.29, 0.717) is 29.4 Å². The van der Waals surface area contributed by atoms with Crippen LogP contribution in [-0.4, -0.2) is 62.1 Å². The Morgan fingerprint density at radius 1 is 1.18 bits per heavy atom. The Morgan fingerprint density at radius 3 is 2.64 bits per heavy atom. The first-order valence-electron chi connectivity index (χ1n) is 12.4. The fourth-order valence-corrected chi connectivity index (χ4v) is 6.08. The molecule has 2 aromatic carbocycles. The highest BCUT2D eigenvalue weighted by molar-refractivity contribution is 8.18. The number of carbonyl (C=O) groups excluding carboxylic acids is 2. The van der Waals surface area contributed by atoms with Crippen molar-refractivity contribution in [1.82, 2.24) is 19.6 Å². The molecule has 0 spiro atoms. The standard InChI is InChI=1S/C27H25ClF4N4O2S/c1-15(2)34-8-7-23(21(29)14-34)36-25(37)24(39-26(36)38)10-16-3-6-22-18(9-16)12-33-35(22)13-17-4-5-19(28)11-20(17)27(30,31)32/h3-6,9-12,15,21,23H,7-8,13-14H2,1-2H3/t21-,23-/m0/s1. The van der Waals surface area contributed by atoms with Crippen LogP contribution >= 0.6 is 23.4 Å². The maximum Gasteiger partial charge on any atom is 0.416 e. The highest BCUT2D eigenvalue weighted by Crippen LogP contribution is 2.37. The molecule has 3 heterocycles. The second kappa shape index (κ2) is 10.6. The molecule has 2 aliphatic heterocycles. The molecule has 3 aromatic rings. The van der Waals surface area contributed by atoms with Gasteiger partial charge in [0.2, 0.25) is 0 Å². The number of imide groups is 1. The van der Waals surface area contributed by atoms with E-state index in [1.165, 1.54) is 23.0 Å². The number of carbonyl (C=O) groups is 2. The lowest BCUT2D eigenvalue weighted by molar-refractivity contribution is -0.138. The van der Waals surface area contributed by atoms with E-state index in [4.69, 9.17) is 11.6 Å². The molecule has 0 saturated carbocycles. The highest BCUT2D eigenvalue weighted by atomic mass is 35.5. The van der Waals surface area contributed by atoms with Gasteiger partial charge in [0.25, 0.3) is 11.1 Å². The van der Waals surface area contributed by atoms with Gasteiger partial charge in [-0.25, -0.2) is 4.39 Å². The Bertz CT molecular complexity index is 1470. The molecule has 2 aliphatic rings. The van der Waals surface area contributed by atoms with Gasteiger partial charge >= 0.3 is 6.18 Å². The molecule has 0 N–H and O–H groups in total. The number of hydrogen-bond acceptors (Lipinski definition) is 5. The van der Waals surface area contributed by atoms with Gasteiger partial charge in [-0.2, -0.15) is 18.3 Å². The van der Waals surface area contributed by atoms with Gasteiger partial charge in [-0.3, -0.25) is 24.1 Å². The van der Waals surface area contributed by atoms with Crippen LogP contribution < -0.4 is 0 Å². The Labute approximate surface area is 231 Å². The van der Waals surface area contributed by atoms with Crippen molar-refractivity contribution in [2.45, 2.75) is 51.2 Å². The molecule has 12 heteroatoms. The van der Waals surface area contributed by atoms with Crippen molar-refractivity contribution in [2.75, 3.05) is 13.1 Å². The number of hydrogen-bond donors (Lipinski definition) is 0. The summed E-state index contributed by atoms with van der Waals surface area (Å²) in [5.74, 6) is -0.520. The lowest BCUT2D eigenvalue weighted by Gasteiger charge is -2.39. The van der Waals surface area contributed by atoms with E-state index in [0.717, 1.165) is 22.7 Å². The van der Waals surface area contributed by atoms with Crippen LogP contribution in [0.25, 0.3) is 17.0 Å². The van der Waals surface area contributed by atoms with Crippen LogP contribution in [0.3, 0.4) is 0 Å². The first-order valence-corrected chi connectivity index (χ1v) is 13.6.